The topological polar surface area (TPSA) is 46.2 Å². The molecule has 0 aliphatic carbocycles. The smallest absolute Gasteiger partial charge is 0.220 e. The molecule has 3 heteroatoms. The highest BCUT2D eigenvalue weighted by molar-refractivity contribution is 5.94. The lowest BCUT2D eigenvalue weighted by Crippen LogP contribution is -2.13. The maximum absolute atomic E-state index is 11.2. The molecular formula is C13H15NO2. The van der Waals surface area contributed by atoms with E-state index in [1.165, 1.54) is 5.56 Å². The van der Waals surface area contributed by atoms with Crippen LogP contribution >= 0.6 is 0 Å². The van der Waals surface area contributed by atoms with Crippen molar-refractivity contribution in [3.63, 3.8) is 0 Å². The van der Waals surface area contributed by atoms with Crippen LogP contribution in [0, 0.1) is 6.92 Å². The number of amides is 1. The second kappa shape index (κ2) is 4.08. The second-order valence-electron chi connectivity index (χ2n) is 4.33. The van der Waals surface area contributed by atoms with Crippen molar-refractivity contribution in [1.82, 2.24) is 5.32 Å². The molecule has 1 aromatic carbocycles. The van der Waals surface area contributed by atoms with Gasteiger partial charge in [-0.2, -0.15) is 0 Å². The van der Waals surface area contributed by atoms with Crippen molar-refractivity contribution in [2.45, 2.75) is 26.2 Å². The molecule has 1 atom stereocenters. The van der Waals surface area contributed by atoms with Gasteiger partial charge in [0.05, 0.1) is 0 Å². The van der Waals surface area contributed by atoms with Gasteiger partial charge >= 0.3 is 0 Å². The van der Waals surface area contributed by atoms with Crippen molar-refractivity contribution in [3.8, 4) is 0 Å². The van der Waals surface area contributed by atoms with E-state index in [9.17, 15) is 9.59 Å². The minimum atomic E-state index is 0.0790. The van der Waals surface area contributed by atoms with E-state index in [2.05, 4.69) is 5.32 Å². The van der Waals surface area contributed by atoms with Gasteiger partial charge in [0.25, 0.3) is 0 Å². The molecule has 1 aliphatic rings. The molecule has 0 aromatic heterocycles. The molecule has 1 aliphatic heterocycles. The zero-order chi connectivity index (χ0) is 11.7. The van der Waals surface area contributed by atoms with Crippen LogP contribution in [0.1, 0.15) is 40.7 Å². The Kier molecular flexibility index (Phi) is 2.77. The van der Waals surface area contributed by atoms with Gasteiger partial charge in [-0.1, -0.05) is 12.1 Å². The first-order chi connectivity index (χ1) is 7.58. The molecule has 1 aromatic rings. The molecule has 1 fully saturated rings. The Morgan fingerprint density at radius 2 is 2.19 bits per heavy atom. The normalized spacial score (nSPS) is 19.6. The third kappa shape index (κ3) is 1.98. The van der Waals surface area contributed by atoms with Crippen LogP contribution in [0.3, 0.4) is 0 Å². The lowest BCUT2D eigenvalue weighted by Gasteiger charge is -2.12. The molecule has 1 unspecified atom stereocenters. The maximum atomic E-state index is 11.2. The summed E-state index contributed by atoms with van der Waals surface area (Å²) in [5.41, 5.74) is 3.00. The van der Waals surface area contributed by atoms with Gasteiger partial charge in [0, 0.05) is 24.4 Å². The molecule has 84 valence electrons. The summed E-state index contributed by atoms with van der Waals surface area (Å²) in [5, 5.41) is 2.83. The van der Waals surface area contributed by atoms with Crippen molar-refractivity contribution < 1.29 is 9.59 Å². The minimum Gasteiger partial charge on any atom is -0.355 e. The average Bonchev–Trinajstić information content (AvgIpc) is 2.64. The van der Waals surface area contributed by atoms with E-state index in [0.717, 1.165) is 11.1 Å². The molecule has 3 nitrogen and oxygen atoms in total. The highest BCUT2D eigenvalue weighted by atomic mass is 16.1. The summed E-state index contributed by atoms with van der Waals surface area (Å²) in [4.78, 5) is 22.4. The van der Waals surface area contributed by atoms with Gasteiger partial charge < -0.3 is 5.32 Å². The summed E-state index contributed by atoms with van der Waals surface area (Å²) >= 11 is 0. The minimum absolute atomic E-state index is 0.0790. The van der Waals surface area contributed by atoms with Crippen molar-refractivity contribution in [3.05, 3.63) is 34.9 Å². The fourth-order valence-electron chi connectivity index (χ4n) is 2.18. The molecule has 16 heavy (non-hydrogen) atoms. The lowest BCUT2D eigenvalue weighted by atomic mass is 9.92. The Balaban J connectivity index is 2.29. The number of Topliss-reactive ketones (excluding diaryl/α,β-unsaturated/α-hetero) is 1. The molecule has 0 radical (unpaired) electrons. The Hall–Kier alpha value is -1.64. The Morgan fingerprint density at radius 1 is 1.44 bits per heavy atom. The molecule has 0 spiro atoms. The maximum Gasteiger partial charge on any atom is 0.220 e. The van der Waals surface area contributed by atoms with Crippen molar-refractivity contribution in [1.29, 1.82) is 0 Å². The van der Waals surface area contributed by atoms with Crippen LogP contribution < -0.4 is 5.32 Å². The second-order valence-corrected chi connectivity index (χ2v) is 4.33. The quantitative estimate of drug-likeness (QED) is 0.768. The predicted octanol–water partition coefficient (Wildman–Crippen LogP) is 1.80. The molecule has 1 N–H and O–H groups in total. The third-order valence-electron chi connectivity index (χ3n) is 3.09. The summed E-state index contributed by atoms with van der Waals surface area (Å²) in [6, 6.07) is 5.71. The van der Waals surface area contributed by atoms with Crippen LogP contribution in [0.5, 0.6) is 0 Å². The Bertz CT molecular complexity index is 451. The van der Waals surface area contributed by atoms with Crippen molar-refractivity contribution in [2.75, 3.05) is 6.54 Å². The van der Waals surface area contributed by atoms with E-state index in [1.807, 2.05) is 25.1 Å². The number of nitrogens with one attached hydrogen (secondary N) is 1. The zero-order valence-electron chi connectivity index (χ0n) is 9.54. The number of ketones is 1. The summed E-state index contributed by atoms with van der Waals surface area (Å²) in [5.74, 6) is 0.448. The molecule has 2 rings (SSSR count). The monoisotopic (exact) mass is 217 g/mol. The first-order valence-electron chi connectivity index (χ1n) is 5.46. The van der Waals surface area contributed by atoms with E-state index in [-0.39, 0.29) is 17.6 Å². The van der Waals surface area contributed by atoms with E-state index >= 15 is 0 Å². The molecule has 1 heterocycles. The number of hydrogen-bond acceptors (Lipinski definition) is 2. The molecular weight excluding hydrogens is 202 g/mol. The highest BCUT2D eigenvalue weighted by Crippen LogP contribution is 2.26. The van der Waals surface area contributed by atoms with Crippen LogP contribution in [0.2, 0.25) is 0 Å². The van der Waals surface area contributed by atoms with Crippen LogP contribution in [-0.2, 0) is 4.79 Å². The van der Waals surface area contributed by atoms with Gasteiger partial charge in [0.2, 0.25) is 5.91 Å². The van der Waals surface area contributed by atoms with Gasteiger partial charge in [-0.05, 0) is 31.0 Å². The van der Waals surface area contributed by atoms with Crippen LogP contribution in [0.25, 0.3) is 0 Å². The predicted molar refractivity (Wildman–Crippen MR) is 61.6 cm³/mol. The third-order valence-corrected chi connectivity index (χ3v) is 3.09. The SMILES string of the molecule is CC(=O)c1ccc(C2CNC(=O)C2)c(C)c1. The summed E-state index contributed by atoms with van der Waals surface area (Å²) in [6.07, 6.45) is 0.556. The number of hydrogen-bond donors (Lipinski definition) is 1. The van der Waals surface area contributed by atoms with E-state index < -0.39 is 0 Å². The summed E-state index contributed by atoms with van der Waals surface area (Å²) < 4.78 is 0. The first kappa shape index (κ1) is 10.9. The lowest BCUT2D eigenvalue weighted by molar-refractivity contribution is -0.119. The number of benzene rings is 1. The van der Waals surface area contributed by atoms with E-state index in [0.29, 0.717) is 13.0 Å². The fourth-order valence-corrected chi connectivity index (χ4v) is 2.18. The van der Waals surface area contributed by atoms with Gasteiger partial charge in [-0.3, -0.25) is 9.59 Å². The van der Waals surface area contributed by atoms with Crippen molar-refractivity contribution >= 4 is 11.7 Å². The van der Waals surface area contributed by atoms with E-state index in [1.54, 1.807) is 6.92 Å². The van der Waals surface area contributed by atoms with Gasteiger partial charge in [-0.15, -0.1) is 0 Å². The summed E-state index contributed by atoms with van der Waals surface area (Å²) in [7, 11) is 0. The molecule has 0 saturated carbocycles. The summed E-state index contributed by atoms with van der Waals surface area (Å²) in [6.45, 7) is 4.26. The van der Waals surface area contributed by atoms with Crippen LogP contribution in [-0.4, -0.2) is 18.2 Å². The molecule has 1 amide bonds. The van der Waals surface area contributed by atoms with Gasteiger partial charge in [0.1, 0.15) is 0 Å². The number of rotatable bonds is 2. The molecule has 0 bridgehead atoms. The standard InChI is InChI=1S/C13H15NO2/c1-8-5-10(9(2)15)3-4-12(8)11-6-13(16)14-7-11/h3-5,11H,6-7H2,1-2H3,(H,14,16). The first-order valence-corrected chi connectivity index (χ1v) is 5.46. The van der Waals surface area contributed by atoms with E-state index in [4.69, 9.17) is 0 Å². The molecule has 1 saturated heterocycles. The number of carbonyl (C=O) groups is 2. The van der Waals surface area contributed by atoms with Gasteiger partial charge in [-0.25, -0.2) is 0 Å². The average molecular weight is 217 g/mol. The number of carbonyl (C=O) groups excluding carboxylic acids is 2. The van der Waals surface area contributed by atoms with Crippen molar-refractivity contribution in [2.24, 2.45) is 0 Å². The zero-order valence-corrected chi connectivity index (χ0v) is 9.54. The largest absolute Gasteiger partial charge is 0.355 e. The fraction of sp³-hybridized carbons (Fsp3) is 0.385. The highest BCUT2D eigenvalue weighted by Gasteiger charge is 2.24. The van der Waals surface area contributed by atoms with Crippen LogP contribution in [0.4, 0.5) is 0 Å². The Morgan fingerprint density at radius 3 is 2.69 bits per heavy atom. The Labute approximate surface area is 94.9 Å². The van der Waals surface area contributed by atoms with Crippen LogP contribution in [0.15, 0.2) is 18.2 Å². The number of aryl methyl sites for hydroxylation is 1. The van der Waals surface area contributed by atoms with Gasteiger partial charge in [0.15, 0.2) is 5.78 Å².